The lowest BCUT2D eigenvalue weighted by atomic mass is 9.82. The van der Waals surface area contributed by atoms with E-state index in [1.54, 1.807) is 0 Å². The summed E-state index contributed by atoms with van der Waals surface area (Å²) >= 11 is 0. The summed E-state index contributed by atoms with van der Waals surface area (Å²) in [6, 6.07) is 0. The maximum absolute atomic E-state index is 8.91. The summed E-state index contributed by atoms with van der Waals surface area (Å²) < 4.78 is 0. The number of hydrogen-bond donors (Lipinski definition) is 2. The minimum Gasteiger partial charge on any atom is -0.356 e. The van der Waals surface area contributed by atoms with Gasteiger partial charge in [0, 0.05) is 12.8 Å². The molecule has 0 heterocycles. The Morgan fingerprint density at radius 1 is 1.08 bits per heavy atom. The van der Waals surface area contributed by atoms with Gasteiger partial charge in [0.2, 0.25) is 5.79 Å². The van der Waals surface area contributed by atoms with Gasteiger partial charge in [0.05, 0.1) is 0 Å². The molecule has 0 radical (unpaired) electrons. The van der Waals surface area contributed by atoms with Crippen LogP contribution in [-0.2, 0) is 0 Å². The van der Waals surface area contributed by atoms with Crippen molar-refractivity contribution in [3.63, 3.8) is 0 Å². The molecule has 1 unspecified atom stereocenters. The molecule has 0 aromatic carbocycles. The number of hydrogen-bond acceptors (Lipinski definition) is 2. The molecule has 0 aliphatic rings. The first-order valence-electron chi connectivity index (χ1n) is 4.10. The molecule has 0 amide bonds. The molecule has 0 aliphatic carbocycles. The highest BCUT2D eigenvalue weighted by Crippen LogP contribution is 2.24. The normalized spacial score (nSPS) is 14.9. The fourth-order valence-electron chi connectivity index (χ4n) is 0.461. The van der Waals surface area contributed by atoms with Crippen LogP contribution in [0.2, 0.25) is 0 Å². The van der Waals surface area contributed by atoms with Crippen molar-refractivity contribution in [1.82, 2.24) is 0 Å². The summed E-state index contributed by atoms with van der Waals surface area (Å²) in [6.07, 6.45) is 0. The Bertz CT molecular complexity index is 195. The van der Waals surface area contributed by atoms with Crippen molar-refractivity contribution in [2.45, 2.75) is 40.4 Å². The van der Waals surface area contributed by atoms with Crippen LogP contribution in [0.3, 0.4) is 0 Å². The molecule has 2 N–H and O–H groups in total. The van der Waals surface area contributed by atoms with Gasteiger partial charge in [0.1, 0.15) is 0 Å². The van der Waals surface area contributed by atoms with Crippen molar-refractivity contribution in [3.05, 3.63) is 0 Å². The Hall–Kier alpha value is -0.520. The fraction of sp³-hybridized carbons (Fsp3) is 0.800. The molecule has 0 rings (SSSR count). The van der Waals surface area contributed by atoms with Crippen LogP contribution >= 0.6 is 0 Å². The van der Waals surface area contributed by atoms with Crippen LogP contribution < -0.4 is 0 Å². The minimum absolute atomic E-state index is 0.0816. The third-order valence-electron chi connectivity index (χ3n) is 1.82. The molecular formula is C10H18O2. The van der Waals surface area contributed by atoms with Crippen LogP contribution in [0.5, 0.6) is 0 Å². The average molecular weight is 170 g/mol. The molecule has 2 heteroatoms. The molecule has 1 atom stereocenters. The first-order valence-corrected chi connectivity index (χ1v) is 4.10. The van der Waals surface area contributed by atoms with Crippen molar-refractivity contribution in [2.24, 2.45) is 11.3 Å². The predicted molar refractivity (Wildman–Crippen MR) is 49.2 cm³/mol. The SMILES string of the molecule is CC(C#CC(C)(O)O)C(C)(C)C. The summed E-state index contributed by atoms with van der Waals surface area (Å²) in [6.45, 7) is 9.43. The molecule has 0 saturated heterocycles. The smallest absolute Gasteiger partial charge is 0.225 e. The van der Waals surface area contributed by atoms with Gasteiger partial charge < -0.3 is 10.2 Å². The molecule has 2 nitrogen and oxygen atoms in total. The second-order valence-corrected chi connectivity index (χ2v) is 4.38. The van der Waals surface area contributed by atoms with Crippen LogP contribution in [0.1, 0.15) is 34.6 Å². The molecule has 0 aromatic rings. The molecular weight excluding hydrogens is 152 g/mol. The van der Waals surface area contributed by atoms with Gasteiger partial charge in [0.25, 0.3) is 0 Å². The van der Waals surface area contributed by atoms with E-state index in [2.05, 4.69) is 32.6 Å². The van der Waals surface area contributed by atoms with Crippen LogP contribution in [-0.4, -0.2) is 16.0 Å². The lowest BCUT2D eigenvalue weighted by molar-refractivity contribution is -0.0917. The van der Waals surface area contributed by atoms with Crippen molar-refractivity contribution < 1.29 is 10.2 Å². The van der Waals surface area contributed by atoms with Crippen molar-refractivity contribution in [2.75, 3.05) is 0 Å². The zero-order valence-corrected chi connectivity index (χ0v) is 8.47. The topological polar surface area (TPSA) is 40.5 Å². The zero-order chi connectivity index (χ0) is 9.99. The Kier molecular flexibility index (Phi) is 3.32. The maximum atomic E-state index is 8.91. The van der Waals surface area contributed by atoms with Gasteiger partial charge in [-0.1, -0.05) is 33.6 Å². The third kappa shape index (κ3) is 5.17. The Labute approximate surface area is 74.6 Å². The van der Waals surface area contributed by atoms with E-state index < -0.39 is 5.79 Å². The lowest BCUT2D eigenvalue weighted by Gasteiger charge is -2.22. The largest absolute Gasteiger partial charge is 0.356 e. The highest BCUT2D eigenvalue weighted by atomic mass is 16.5. The standard InChI is InChI=1S/C10H18O2/c1-8(9(2,3)4)6-7-10(5,11)12/h8,11-12H,1-5H3. The maximum Gasteiger partial charge on any atom is 0.225 e. The first kappa shape index (κ1) is 11.5. The summed E-state index contributed by atoms with van der Waals surface area (Å²) in [7, 11) is 0. The van der Waals surface area contributed by atoms with Gasteiger partial charge in [-0.15, -0.1) is 0 Å². The Balaban J connectivity index is 4.34. The molecule has 0 aliphatic heterocycles. The predicted octanol–water partition coefficient (Wildman–Crippen LogP) is 1.37. The summed E-state index contributed by atoms with van der Waals surface area (Å²) in [5, 5.41) is 17.8. The minimum atomic E-state index is -1.86. The molecule has 12 heavy (non-hydrogen) atoms. The summed E-state index contributed by atoms with van der Waals surface area (Å²) in [5.41, 5.74) is 0.0816. The van der Waals surface area contributed by atoms with E-state index in [0.717, 1.165) is 0 Å². The zero-order valence-electron chi connectivity index (χ0n) is 8.47. The van der Waals surface area contributed by atoms with Crippen molar-refractivity contribution >= 4 is 0 Å². The van der Waals surface area contributed by atoms with Gasteiger partial charge in [-0.25, -0.2) is 0 Å². The fourth-order valence-corrected chi connectivity index (χ4v) is 0.461. The van der Waals surface area contributed by atoms with E-state index >= 15 is 0 Å². The van der Waals surface area contributed by atoms with Gasteiger partial charge in [-0.05, 0) is 11.3 Å². The Morgan fingerprint density at radius 3 is 1.75 bits per heavy atom. The first-order chi connectivity index (χ1) is 5.13. The van der Waals surface area contributed by atoms with Crippen LogP contribution in [0, 0.1) is 23.2 Å². The average Bonchev–Trinajstić information content (AvgIpc) is 1.78. The molecule has 70 valence electrons. The second-order valence-electron chi connectivity index (χ2n) is 4.38. The van der Waals surface area contributed by atoms with E-state index in [1.807, 2.05) is 6.92 Å². The highest BCUT2D eigenvalue weighted by molar-refractivity contribution is 5.11. The molecule has 0 saturated carbocycles. The van der Waals surface area contributed by atoms with Gasteiger partial charge in [-0.3, -0.25) is 0 Å². The van der Waals surface area contributed by atoms with Gasteiger partial charge in [-0.2, -0.15) is 0 Å². The second kappa shape index (κ2) is 3.47. The number of rotatable bonds is 0. The van der Waals surface area contributed by atoms with Gasteiger partial charge >= 0.3 is 0 Å². The summed E-state index contributed by atoms with van der Waals surface area (Å²) in [5.74, 6) is 3.49. The lowest BCUT2D eigenvalue weighted by Crippen LogP contribution is -2.21. The van der Waals surface area contributed by atoms with E-state index in [9.17, 15) is 0 Å². The van der Waals surface area contributed by atoms with Gasteiger partial charge in [0.15, 0.2) is 0 Å². The summed E-state index contributed by atoms with van der Waals surface area (Å²) in [4.78, 5) is 0. The van der Waals surface area contributed by atoms with E-state index in [0.29, 0.717) is 0 Å². The third-order valence-corrected chi connectivity index (χ3v) is 1.82. The quantitative estimate of drug-likeness (QED) is 0.426. The molecule has 0 aromatic heterocycles. The van der Waals surface area contributed by atoms with E-state index in [1.165, 1.54) is 6.92 Å². The monoisotopic (exact) mass is 170 g/mol. The highest BCUT2D eigenvalue weighted by Gasteiger charge is 2.18. The molecule has 0 spiro atoms. The van der Waals surface area contributed by atoms with Crippen LogP contribution in [0.4, 0.5) is 0 Å². The Morgan fingerprint density at radius 2 is 1.50 bits per heavy atom. The van der Waals surface area contributed by atoms with E-state index in [-0.39, 0.29) is 11.3 Å². The van der Waals surface area contributed by atoms with Crippen molar-refractivity contribution in [3.8, 4) is 11.8 Å². The number of aliphatic hydroxyl groups is 2. The molecule has 0 fully saturated rings. The van der Waals surface area contributed by atoms with E-state index in [4.69, 9.17) is 10.2 Å². The molecule has 0 bridgehead atoms. The van der Waals surface area contributed by atoms with Crippen LogP contribution in [0.25, 0.3) is 0 Å². The van der Waals surface area contributed by atoms with Crippen molar-refractivity contribution in [1.29, 1.82) is 0 Å². The van der Waals surface area contributed by atoms with Crippen LogP contribution in [0.15, 0.2) is 0 Å².